The number of ether oxygens (including phenoxy) is 1. The maximum Gasteiger partial charge on any atom is 0.132 e. The maximum atomic E-state index is 13.7. The van der Waals surface area contributed by atoms with Crippen molar-refractivity contribution in [3.63, 3.8) is 0 Å². The Kier molecular flexibility index (Phi) is 6.08. The number of nitrogens with one attached hydrogen (secondary N) is 1. The normalized spacial score (nSPS) is 10.6. The Labute approximate surface area is 129 Å². The Hall–Kier alpha value is -1.52. The van der Waals surface area contributed by atoms with E-state index in [0.717, 1.165) is 34.1 Å². The van der Waals surface area contributed by atoms with E-state index in [2.05, 4.69) is 12.2 Å². The van der Waals surface area contributed by atoms with E-state index in [0.29, 0.717) is 6.54 Å². The van der Waals surface area contributed by atoms with Crippen molar-refractivity contribution in [2.24, 2.45) is 0 Å². The quantitative estimate of drug-likeness (QED) is 0.762. The minimum absolute atomic E-state index is 0.205. The van der Waals surface area contributed by atoms with E-state index < -0.39 is 0 Å². The zero-order chi connectivity index (χ0) is 15.1. The van der Waals surface area contributed by atoms with Crippen molar-refractivity contribution in [2.45, 2.75) is 29.7 Å². The van der Waals surface area contributed by atoms with Gasteiger partial charge in [0, 0.05) is 11.4 Å². The van der Waals surface area contributed by atoms with Crippen LogP contribution in [0.1, 0.15) is 18.9 Å². The lowest BCUT2D eigenvalue weighted by molar-refractivity contribution is 0.405. The lowest BCUT2D eigenvalue weighted by Crippen LogP contribution is -2.13. The second-order valence-electron chi connectivity index (χ2n) is 4.72. The van der Waals surface area contributed by atoms with Gasteiger partial charge in [0.1, 0.15) is 11.6 Å². The molecule has 2 aromatic rings. The van der Waals surface area contributed by atoms with Crippen LogP contribution in [0.25, 0.3) is 0 Å². The van der Waals surface area contributed by atoms with Crippen molar-refractivity contribution >= 4 is 11.8 Å². The number of halogens is 1. The third-order valence-electron chi connectivity index (χ3n) is 2.98. The average molecular weight is 305 g/mol. The second kappa shape index (κ2) is 8.05. The molecule has 0 saturated carbocycles. The first-order valence-corrected chi connectivity index (χ1v) is 7.85. The molecular formula is C17H20FNOS. The molecule has 21 heavy (non-hydrogen) atoms. The number of hydrogen-bond acceptors (Lipinski definition) is 3. The largest absolute Gasteiger partial charge is 0.496 e. The molecule has 0 aromatic heterocycles. The average Bonchev–Trinajstić information content (AvgIpc) is 2.47. The summed E-state index contributed by atoms with van der Waals surface area (Å²) in [6.45, 7) is 3.73. The second-order valence-corrected chi connectivity index (χ2v) is 5.84. The topological polar surface area (TPSA) is 21.3 Å². The van der Waals surface area contributed by atoms with Crippen LogP contribution in [0.15, 0.2) is 52.3 Å². The van der Waals surface area contributed by atoms with Crippen molar-refractivity contribution in [1.82, 2.24) is 5.32 Å². The lowest BCUT2D eigenvalue weighted by atomic mass is 10.2. The maximum absolute atomic E-state index is 13.7. The molecule has 0 fully saturated rings. The first kappa shape index (κ1) is 15.9. The fraction of sp³-hybridized carbons (Fsp3) is 0.294. The molecule has 0 atom stereocenters. The predicted octanol–water partition coefficient (Wildman–Crippen LogP) is 4.49. The molecule has 0 aliphatic rings. The van der Waals surface area contributed by atoms with Crippen molar-refractivity contribution in [3.8, 4) is 5.75 Å². The fourth-order valence-electron chi connectivity index (χ4n) is 2.02. The van der Waals surface area contributed by atoms with Gasteiger partial charge in [-0.1, -0.05) is 30.8 Å². The van der Waals surface area contributed by atoms with Crippen LogP contribution in [0.2, 0.25) is 0 Å². The van der Waals surface area contributed by atoms with E-state index in [-0.39, 0.29) is 5.82 Å². The first-order chi connectivity index (χ1) is 10.2. The summed E-state index contributed by atoms with van der Waals surface area (Å²) < 4.78 is 19.1. The van der Waals surface area contributed by atoms with Crippen LogP contribution >= 0.6 is 11.8 Å². The van der Waals surface area contributed by atoms with Gasteiger partial charge < -0.3 is 10.1 Å². The summed E-state index contributed by atoms with van der Waals surface area (Å²) in [5, 5.41) is 3.29. The van der Waals surface area contributed by atoms with Gasteiger partial charge in [0.25, 0.3) is 0 Å². The van der Waals surface area contributed by atoms with E-state index in [9.17, 15) is 4.39 Å². The van der Waals surface area contributed by atoms with Crippen LogP contribution in [0.5, 0.6) is 5.75 Å². The molecule has 2 aromatic carbocycles. The summed E-state index contributed by atoms with van der Waals surface area (Å²) >= 11 is 1.51. The molecule has 0 aliphatic carbocycles. The number of para-hydroxylation sites is 1. The van der Waals surface area contributed by atoms with Crippen LogP contribution in [-0.2, 0) is 6.54 Å². The summed E-state index contributed by atoms with van der Waals surface area (Å²) in [7, 11) is 1.64. The molecule has 2 nitrogen and oxygen atoms in total. The van der Waals surface area contributed by atoms with Crippen molar-refractivity contribution in [1.29, 1.82) is 0 Å². The van der Waals surface area contributed by atoms with E-state index in [1.807, 2.05) is 30.3 Å². The molecule has 0 spiro atoms. The molecule has 2 rings (SSSR count). The van der Waals surface area contributed by atoms with Gasteiger partial charge in [0.15, 0.2) is 0 Å². The summed E-state index contributed by atoms with van der Waals surface area (Å²) in [4.78, 5) is 1.87. The SMILES string of the molecule is CCCNCc1cc(F)cc(Sc2ccccc2OC)c1. The molecule has 0 bridgehead atoms. The number of hydrogen-bond donors (Lipinski definition) is 1. The van der Waals surface area contributed by atoms with Gasteiger partial charge in [-0.15, -0.1) is 0 Å². The standard InChI is InChI=1S/C17H20FNOS/c1-3-8-19-12-13-9-14(18)11-15(10-13)21-17-7-5-4-6-16(17)20-2/h4-7,9-11,19H,3,8,12H2,1-2H3. The molecule has 0 heterocycles. The summed E-state index contributed by atoms with van der Waals surface area (Å²) in [6, 6.07) is 12.9. The minimum atomic E-state index is -0.205. The molecular weight excluding hydrogens is 285 g/mol. The molecule has 1 N–H and O–H groups in total. The summed E-state index contributed by atoms with van der Waals surface area (Å²) in [5.74, 6) is 0.598. The van der Waals surface area contributed by atoms with Crippen LogP contribution < -0.4 is 10.1 Å². The smallest absolute Gasteiger partial charge is 0.132 e. The highest BCUT2D eigenvalue weighted by molar-refractivity contribution is 7.99. The fourth-order valence-corrected chi connectivity index (χ4v) is 3.06. The number of methoxy groups -OCH3 is 1. The van der Waals surface area contributed by atoms with Crippen LogP contribution in [-0.4, -0.2) is 13.7 Å². The highest BCUT2D eigenvalue weighted by Crippen LogP contribution is 2.35. The van der Waals surface area contributed by atoms with E-state index >= 15 is 0 Å². The molecule has 112 valence electrons. The Morgan fingerprint density at radius 3 is 2.76 bits per heavy atom. The van der Waals surface area contributed by atoms with Gasteiger partial charge in [-0.2, -0.15) is 0 Å². The highest BCUT2D eigenvalue weighted by Gasteiger charge is 2.07. The predicted molar refractivity (Wildman–Crippen MR) is 85.5 cm³/mol. The first-order valence-electron chi connectivity index (χ1n) is 7.04. The molecule has 0 saturated heterocycles. The minimum Gasteiger partial charge on any atom is -0.496 e. The summed E-state index contributed by atoms with van der Waals surface area (Å²) in [6.07, 6.45) is 1.07. The van der Waals surface area contributed by atoms with Gasteiger partial charge in [0.2, 0.25) is 0 Å². The molecule has 0 amide bonds. The number of benzene rings is 2. The van der Waals surface area contributed by atoms with Crippen molar-refractivity contribution in [3.05, 3.63) is 53.8 Å². The van der Waals surface area contributed by atoms with Crippen molar-refractivity contribution < 1.29 is 9.13 Å². The Bertz CT molecular complexity index is 589. The Balaban J connectivity index is 2.15. The molecule has 0 aliphatic heterocycles. The van der Waals surface area contributed by atoms with Crippen LogP contribution in [0.3, 0.4) is 0 Å². The van der Waals surface area contributed by atoms with Crippen LogP contribution in [0, 0.1) is 5.82 Å². The van der Waals surface area contributed by atoms with Gasteiger partial charge in [0.05, 0.1) is 12.0 Å². The summed E-state index contributed by atoms with van der Waals surface area (Å²) in [5.41, 5.74) is 0.959. The zero-order valence-electron chi connectivity index (χ0n) is 12.4. The monoisotopic (exact) mass is 305 g/mol. The Morgan fingerprint density at radius 1 is 1.19 bits per heavy atom. The highest BCUT2D eigenvalue weighted by atomic mass is 32.2. The van der Waals surface area contributed by atoms with Gasteiger partial charge in [-0.05, 0) is 48.9 Å². The third-order valence-corrected chi connectivity index (χ3v) is 4.01. The Morgan fingerprint density at radius 2 is 2.00 bits per heavy atom. The van der Waals surface area contributed by atoms with Gasteiger partial charge in [-0.25, -0.2) is 4.39 Å². The molecule has 4 heteroatoms. The zero-order valence-corrected chi connectivity index (χ0v) is 13.2. The van der Waals surface area contributed by atoms with Gasteiger partial charge in [-0.3, -0.25) is 0 Å². The van der Waals surface area contributed by atoms with E-state index in [1.165, 1.54) is 11.8 Å². The molecule has 0 unspecified atom stereocenters. The third kappa shape index (κ3) is 4.76. The molecule has 0 radical (unpaired) electrons. The van der Waals surface area contributed by atoms with Crippen molar-refractivity contribution in [2.75, 3.05) is 13.7 Å². The van der Waals surface area contributed by atoms with E-state index in [4.69, 9.17) is 4.74 Å². The van der Waals surface area contributed by atoms with Crippen LogP contribution in [0.4, 0.5) is 4.39 Å². The van der Waals surface area contributed by atoms with Gasteiger partial charge >= 0.3 is 0 Å². The number of rotatable bonds is 7. The lowest BCUT2D eigenvalue weighted by Gasteiger charge is -2.10. The van der Waals surface area contributed by atoms with E-state index in [1.54, 1.807) is 19.2 Å².